The highest BCUT2D eigenvalue weighted by molar-refractivity contribution is 6.37. The van der Waals surface area contributed by atoms with Gasteiger partial charge in [-0.3, -0.25) is 0 Å². The van der Waals surface area contributed by atoms with Gasteiger partial charge < -0.3 is 0 Å². The summed E-state index contributed by atoms with van der Waals surface area (Å²) in [5, 5.41) is 5.59. The molecule has 0 atom stereocenters. The van der Waals surface area contributed by atoms with E-state index in [4.69, 9.17) is 23.2 Å². The Balaban J connectivity index is 2.17. The molecular weight excluding hydrogens is 243 g/mol. The van der Waals surface area contributed by atoms with Crippen LogP contribution >= 0.6 is 23.2 Å². The fourth-order valence-corrected chi connectivity index (χ4v) is 2.44. The van der Waals surface area contributed by atoms with Gasteiger partial charge in [0.1, 0.15) is 5.69 Å². The minimum atomic E-state index is 0.620. The van der Waals surface area contributed by atoms with E-state index in [1.165, 1.54) is 18.5 Å². The molecule has 4 heteroatoms. The molecule has 0 radical (unpaired) electrons. The smallest absolute Gasteiger partial charge is 0.102 e. The van der Waals surface area contributed by atoms with Crippen molar-refractivity contribution in [3.8, 4) is 5.69 Å². The van der Waals surface area contributed by atoms with Crippen molar-refractivity contribution in [2.75, 3.05) is 0 Å². The molecule has 2 nitrogen and oxygen atoms in total. The number of aromatic nitrogens is 2. The van der Waals surface area contributed by atoms with E-state index in [1.807, 2.05) is 28.9 Å². The minimum absolute atomic E-state index is 0.620. The Morgan fingerprint density at radius 1 is 1.12 bits per heavy atom. The number of benzene rings is 1. The van der Waals surface area contributed by atoms with E-state index >= 15 is 0 Å². The van der Waals surface area contributed by atoms with Gasteiger partial charge in [0.05, 0.1) is 10.0 Å². The molecule has 1 heterocycles. The molecule has 0 bridgehead atoms. The summed E-state index contributed by atoms with van der Waals surface area (Å²) >= 11 is 12.3. The van der Waals surface area contributed by atoms with Crippen molar-refractivity contribution < 1.29 is 0 Å². The average molecular weight is 253 g/mol. The molecule has 82 valence electrons. The zero-order chi connectivity index (χ0) is 11.1. The highest BCUT2D eigenvalue weighted by atomic mass is 35.5. The van der Waals surface area contributed by atoms with Gasteiger partial charge in [0, 0.05) is 17.8 Å². The summed E-state index contributed by atoms with van der Waals surface area (Å²) in [4.78, 5) is 0. The second-order valence-corrected chi connectivity index (χ2v) is 4.83. The Morgan fingerprint density at radius 2 is 1.81 bits per heavy atom. The van der Waals surface area contributed by atoms with Crippen LogP contribution in [0, 0.1) is 0 Å². The van der Waals surface area contributed by atoms with Crippen LogP contribution in [0.1, 0.15) is 24.5 Å². The first-order valence-corrected chi connectivity index (χ1v) is 6.01. The molecule has 0 amide bonds. The van der Waals surface area contributed by atoms with Crippen LogP contribution in [-0.2, 0) is 0 Å². The summed E-state index contributed by atoms with van der Waals surface area (Å²) in [6.45, 7) is 0. The molecule has 3 rings (SSSR count). The van der Waals surface area contributed by atoms with Crippen molar-refractivity contribution in [2.24, 2.45) is 0 Å². The zero-order valence-corrected chi connectivity index (χ0v) is 10.0. The van der Waals surface area contributed by atoms with E-state index in [9.17, 15) is 0 Å². The SMILES string of the molecule is Clc1cccc(Cl)c1-n1nccc1C1CC1. The maximum Gasteiger partial charge on any atom is 0.102 e. The summed E-state index contributed by atoms with van der Waals surface area (Å²) in [5.74, 6) is 0.620. The Labute approximate surface area is 104 Å². The Kier molecular flexibility index (Phi) is 2.41. The van der Waals surface area contributed by atoms with Crippen LogP contribution in [0.5, 0.6) is 0 Å². The van der Waals surface area contributed by atoms with Crippen LogP contribution in [-0.4, -0.2) is 9.78 Å². The van der Waals surface area contributed by atoms with E-state index in [0.29, 0.717) is 16.0 Å². The van der Waals surface area contributed by atoms with Gasteiger partial charge in [-0.1, -0.05) is 29.3 Å². The molecule has 2 aromatic rings. The third-order valence-electron chi connectivity index (χ3n) is 2.82. The van der Waals surface area contributed by atoms with Crippen LogP contribution in [0.25, 0.3) is 5.69 Å². The lowest BCUT2D eigenvalue weighted by atomic mass is 10.2. The van der Waals surface area contributed by atoms with Gasteiger partial charge in [0.25, 0.3) is 0 Å². The van der Waals surface area contributed by atoms with Crippen molar-refractivity contribution in [2.45, 2.75) is 18.8 Å². The lowest BCUT2D eigenvalue weighted by Gasteiger charge is -2.10. The molecule has 1 aromatic carbocycles. The standard InChI is InChI=1S/C12H10Cl2N2/c13-9-2-1-3-10(14)12(9)16-11(6-7-15-16)8-4-5-8/h1-3,6-8H,4-5H2. The van der Waals surface area contributed by atoms with Gasteiger partial charge in [-0.05, 0) is 31.0 Å². The summed E-state index contributed by atoms with van der Waals surface area (Å²) in [5.41, 5.74) is 1.99. The lowest BCUT2D eigenvalue weighted by Crippen LogP contribution is -2.02. The average Bonchev–Trinajstić information content (AvgIpc) is 2.99. The van der Waals surface area contributed by atoms with Crippen molar-refractivity contribution >= 4 is 23.2 Å². The van der Waals surface area contributed by atoms with Gasteiger partial charge in [-0.25, -0.2) is 4.68 Å². The zero-order valence-electron chi connectivity index (χ0n) is 8.53. The quantitative estimate of drug-likeness (QED) is 0.789. The summed E-state index contributed by atoms with van der Waals surface area (Å²) < 4.78 is 1.86. The van der Waals surface area contributed by atoms with Gasteiger partial charge in [0.2, 0.25) is 0 Å². The van der Waals surface area contributed by atoms with Crippen LogP contribution in [0.15, 0.2) is 30.5 Å². The molecule has 0 aliphatic heterocycles. The van der Waals surface area contributed by atoms with Crippen LogP contribution in [0.3, 0.4) is 0 Å². The molecule has 1 aromatic heterocycles. The van der Waals surface area contributed by atoms with E-state index in [-0.39, 0.29) is 0 Å². The highest BCUT2D eigenvalue weighted by Crippen LogP contribution is 2.41. The third-order valence-corrected chi connectivity index (χ3v) is 3.43. The van der Waals surface area contributed by atoms with Crippen molar-refractivity contribution in [1.29, 1.82) is 0 Å². The van der Waals surface area contributed by atoms with Crippen molar-refractivity contribution in [3.05, 3.63) is 46.2 Å². The highest BCUT2D eigenvalue weighted by Gasteiger charge is 2.28. The van der Waals surface area contributed by atoms with E-state index in [0.717, 1.165) is 5.69 Å². The number of hydrogen-bond acceptors (Lipinski definition) is 1. The van der Waals surface area contributed by atoms with Crippen LogP contribution in [0.2, 0.25) is 10.0 Å². The first-order chi connectivity index (χ1) is 7.77. The Morgan fingerprint density at radius 3 is 2.44 bits per heavy atom. The second kappa shape index (κ2) is 3.79. The van der Waals surface area contributed by atoms with Gasteiger partial charge >= 0.3 is 0 Å². The number of halogens is 2. The largest absolute Gasteiger partial charge is 0.235 e. The molecule has 0 saturated heterocycles. The second-order valence-electron chi connectivity index (χ2n) is 4.01. The number of rotatable bonds is 2. The van der Waals surface area contributed by atoms with E-state index < -0.39 is 0 Å². The normalized spacial score (nSPS) is 15.4. The van der Waals surface area contributed by atoms with Crippen molar-refractivity contribution in [1.82, 2.24) is 9.78 Å². The molecule has 1 aliphatic rings. The Bertz CT molecular complexity index is 509. The Hall–Kier alpha value is -0.990. The maximum atomic E-state index is 6.17. The first-order valence-electron chi connectivity index (χ1n) is 5.25. The van der Waals surface area contributed by atoms with E-state index in [1.54, 1.807) is 6.20 Å². The first kappa shape index (κ1) is 10.2. The molecule has 1 aliphatic carbocycles. The molecular formula is C12H10Cl2N2. The molecule has 0 spiro atoms. The summed E-state index contributed by atoms with van der Waals surface area (Å²) in [6, 6.07) is 7.55. The molecule has 0 N–H and O–H groups in total. The number of para-hydroxylation sites is 1. The number of hydrogen-bond donors (Lipinski definition) is 0. The van der Waals surface area contributed by atoms with Gasteiger partial charge in [-0.15, -0.1) is 0 Å². The summed E-state index contributed by atoms with van der Waals surface area (Å²) in [7, 11) is 0. The van der Waals surface area contributed by atoms with Gasteiger partial charge in [-0.2, -0.15) is 5.10 Å². The van der Waals surface area contributed by atoms with Crippen LogP contribution in [0.4, 0.5) is 0 Å². The minimum Gasteiger partial charge on any atom is -0.235 e. The molecule has 1 saturated carbocycles. The number of nitrogens with zero attached hydrogens (tertiary/aromatic N) is 2. The summed E-state index contributed by atoms with van der Waals surface area (Å²) in [6.07, 6.45) is 4.26. The third kappa shape index (κ3) is 1.62. The maximum absolute atomic E-state index is 6.17. The van der Waals surface area contributed by atoms with E-state index in [2.05, 4.69) is 5.10 Å². The fourth-order valence-electron chi connectivity index (χ4n) is 1.88. The van der Waals surface area contributed by atoms with Crippen LogP contribution < -0.4 is 0 Å². The monoisotopic (exact) mass is 252 g/mol. The fraction of sp³-hybridized carbons (Fsp3) is 0.250. The topological polar surface area (TPSA) is 17.8 Å². The molecule has 0 unspecified atom stereocenters. The molecule has 1 fully saturated rings. The van der Waals surface area contributed by atoms with Crippen molar-refractivity contribution in [3.63, 3.8) is 0 Å². The van der Waals surface area contributed by atoms with Gasteiger partial charge in [0.15, 0.2) is 0 Å². The predicted octanol–water partition coefficient (Wildman–Crippen LogP) is 4.06. The lowest BCUT2D eigenvalue weighted by molar-refractivity contribution is 0.808. The molecule has 16 heavy (non-hydrogen) atoms. The predicted molar refractivity (Wildman–Crippen MR) is 65.6 cm³/mol.